The van der Waals surface area contributed by atoms with Crippen molar-refractivity contribution in [2.45, 2.75) is 71.6 Å². The Kier molecular flexibility index (Phi) is 6.82. The molecule has 1 aromatic rings. The first-order chi connectivity index (χ1) is 13.6. The van der Waals surface area contributed by atoms with E-state index >= 15 is 0 Å². The van der Waals surface area contributed by atoms with Crippen molar-refractivity contribution in [2.24, 2.45) is 10.9 Å². The molecule has 0 amide bonds. The van der Waals surface area contributed by atoms with Gasteiger partial charge in [-0.3, -0.25) is 9.79 Å². The summed E-state index contributed by atoms with van der Waals surface area (Å²) >= 11 is 0. The number of benzene rings is 1. The van der Waals surface area contributed by atoms with E-state index in [9.17, 15) is 9.59 Å². The fourth-order valence-corrected chi connectivity index (χ4v) is 4.30. The highest BCUT2D eigenvalue weighted by Gasteiger charge is 2.43. The van der Waals surface area contributed by atoms with Crippen LogP contribution < -0.4 is 0 Å². The molecule has 3 rings (SSSR count). The smallest absolute Gasteiger partial charge is 0.336 e. The number of rotatable bonds is 7. The Morgan fingerprint density at radius 3 is 2.54 bits per heavy atom. The van der Waals surface area contributed by atoms with Crippen LogP contribution in [-0.2, 0) is 20.7 Å². The fraction of sp³-hybridized carbons (Fsp3) is 0.542. The molecule has 1 aliphatic carbocycles. The summed E-state index contributed by atoms with van der Waals surface area (Å²) in [5.74, 6) is -0.745. The van der Waals surface area contributed by atoms with Gasteiger partial charge in [0, 0.05) is 23.7 Å². The van der Waals surface area contributed by atoms with Crippen molar-refractivity contribution in [3.63, 3.8) is 0 Å². The predicted molar refractivity (Wildman–Crippen MR) is 112 cm³/mol. The number of unbranched alkanes of at least 4 members (excludes halogenated alkanes) is 2. The van der Waals surface area contributed by atoms with Crippen LogP contribution in [0.2, 0.25) is 0 Å². The molecule has 0 radical (unpaired) electrons. The predicted octanol–water partition coefficient (Wildman–Crippen LogP) is 5.16. The van der Waals surface area contributed by atoms with Crippen molar-refractivity contribution in [3.8, 4) is 0 Å². The van der Waals surface area contributed by atoms with Gasteiger partial charge < -0.3 is 4.74 Å². The number of esters is 1. The van der Waals surface area contributed by atoms with Crippen LogP contribution in [0.1, 0.15) is 76.3 Å². The van der Waals surface area contributed by atoms with Gasteiger partial charge in [-0.2, -0.15) is 0 Å². The maximum Gasteiger partial charge on any atom is 0.336 e. The number of aliphatic imine (C=N–C) groups is 1. The molecule has 0 spiro atoms. The van der Waals surface area contributed by atoms with Gasteiger partial charge in [-0.25, -0.2) is 4.79 Å². The van der Waals surface area contributed by atoms with Crippen LogP contribution >= 0.6 is 0 Å². The first kappa shape index (κ1) is 20.5. The highest BCUT2D eigenvalue weighted by molar-refractivity contribution is 6.11. The summed E-state index contributed by atoms with van der Waals surface area (Å²) in [7, 11) is 0. The molecule has 4 nitrogen and oxygen atoms in total. The van der Waals surface area contributed by atoms with Gasteiger partial charge in [-0.1, -0.05) is 51.0 Å². The number of ether oxygens (including phenoxy) is 1. The van der Waals surface area contributed by atoms with Gasteiger partial charge in [-0.15, -0.1) is 0 Å². The van der Waals surface area contributed by atoms with E-state index in [2.05, 4.69) is 43.1 Å². The van der Waals surface area contributed by atoms with E-state index in [0.717, 1.165) is 49.8 Å². The van der Waals surface area contributed by atoms with Gasteiger partial charge in [0.05, 0.1) is 18.1 Å². The number of carbonyl (C=O) groups is 2. The third-order valence-electron chi connectivity index (χ3n) is 5.86. The number of Topliss-reactive ketones (excluding diaryl/α,β-unsaturated/α-hetero) is 1. The lowest BCUT2D eigenvalue weighted by molar-refractivity contribution is -0.139. The first-order valence-corrected chi connectivity index (χ1v) is 10.6. The van der Waals surface area contributed by atoms with E-state index in [-0.39, 0.29) is 23.6 Å². The van der Waals surface area contributed by atoms with Crippen LogP contribution in [-0.4, -0.2) is 24.1 Å². The second-order valence-electron chi connectivity index (χ2n) is 7.82. The largest absolute Gasteiger partial charge is 0.462 e. The molecule has 2 aliphatic rings. The normalized spacial score (nSPS) is 22.0. The van der Waals surface area contributed by atoms with E-state index in [1.165, 1.54) is 5.56 Å². The zero-order valence-electron chi connectivity index (χ0n) is 17.3. The molecule has 2 unspecified atom stereocenters. The quantitative estimate of drug-likeness (QED) is 0.484. The van der Waals surface area contributed by atoms with Crippen molar-refractivity contribution >= 4 is 17.5 Å². The van der Waals surface area contributed by atoms with E-state index in [0.29, 0.717) is 24.3 Å². The van der Waals surface area contributed by atoms with Crippen LogP contribution in [0.25, 0.3) is 0 Å². The van der Waals surface area contributed by atoms with Crippen molar-refractivity contribution in [3.05, 3.63) is 46.7 Å². The Morgan fingerprint density at radius 1 is 1.11 bits per heavy atom. The second kappa shape index (κ2) is 9.31. The standard InChI is InChI=1S/C24H31NO3/c1-4-6-7-15-28-24(27)21-16(3)25-19-9-8-10-20(26)23(19)22(21)18-13-11-17(5-2)12-14-18/h11-14,22-23H,4-10,15H2,1-3H3. The minimum atomic E-state index is -0.330. The Labute approximate surface area is 168 Å². The van der Waals surface area contributed by atoms with Crippen LogP contribution in [0.15, 0.2) is 40.5 Å². The number of fused-ring (bicyclic) bond motifs is 1. The minimum Gasteiger partial charge on any atom is -0.462 e. The average molecular weight is 382 g/mol. The second-order valence-corrected chi connectivity index (χ2v) is 7.82. The molecular formula is C24H31NO3. The molecule has 0 aromatic heterocycles. The van der Waals surface area contributed by atoms with Gasteiger partial charge in [0.2, 0.25) is 0 Å². The van der Waals surface area contributed by atoms with Gasteiger partial charge in [0.15, 0.2) is 0 Å². The number of ketones is 1. The van der Waals surface area contributed by atoms with E-state index in [1.807, 2.05) is 6.92 Å². The highest BCUT2D eigenvalue weighted by atomic mass is 16.5. The van der Waals surface area contributed by atoms with Crippen LogP contribution in [0.4, 0.5) is 0 Å². The number of hydrogen-bond acceptors (Lipinski definition) is 4. The van der Waals surface area contributed by atoms with Crippen LogP contribution in [0.5, 0.6) is 0 Å². The van der Waals surface area contributed by atoms with Crippen LogP contribution in [0.3, 0.4) is 0 Å². The zero-order chi connectivity index (χ0) is 20.1. The van der Waals surface area contributed by atoms with E-state index in [4.69, 9.17) is 4.74 Å². The number of aryl methyl sites for hydroxylation is 1. The summed E-state index contributed by atoms with van der Waals surface area (Å²) in [5.41, 5.74) is 4.44. The Balaban J connectivity index is 1.97. The Bertz CT molecular complexity index is 789. The maximum atomic E-state index is 13.0. The molecule has 150 valence electrons. The van der Waals surface area contributed by atoms with Crippen molar-refractivity contribution in [1.29, 1.82) is 0 Å². The van der Waals surface area contributed by atoms with E-state index in [1.54, 1.807) is 0 Å². The summed E-state index contributed by atoms with van der Waals surface area (Å²) in [4.78, 5) is 30.5. The number of nitrogens with zero attached hydrogens (tertiary/aromatic N) is 1. The molecule has 1 aromatic carbocycles. The average Bonchev–Trinajstić information content (AvgIpc) is 2.70. The number of hydrogen-bond donors (Lipinski definition) is 0. The molecule has 1 heterocycles. The van der Waals surface area contributed by atoms with Gasteiger partial charge in [0.25, 0.3) is 0 Å². The third-order valence-corrected chi connectivity index (χ3v) is 5.86. The molecule has 28 heavy (non-hydrogen) atoms. The van der Waals surface area contributed by atoms with Crippen LogP contribution in [0, 0.1) is 5.92 Å². The topological polar surface area (TPSA) is 55.7 Å². The minimum absolute atomic E-state index is 0.193. The fourth-order valence-electron chi connectivity index (χ4n) is 4.30. The highest BCUT2D eigenvalue weighted by Crippen LogP contribution is 2.43. The van der Waals surface area contributed by atoms with Gasteiger partial charge in [-0.05, 0) is 43.7 Å². The Hall–Kier alpha value is -2.23. The van der Waals surface area contributed by atoms with Gasteiger partial charge in [0.1, 0.15) is 5.78 Å². The van der Waals surface area contributed by atoms with E-state index < -0.39 is 0 Å². The summed E-state index contributed by atoms with van der Waals surface area (Å²) in [6.45, 7) is 6.53. The molecule has 0 saturated heterocycles. The third kappa shape index (κ3) is 4.26. The summed E-state index contributed by atoms with van der Waals surface area (Å²) in [6.07, 6.45) is 6.18. The lowest BCUT2D eigenvalue weighted by Crippen LogP contribution is -2.39. The molecule has 2 atom stereocenters. The molecule has 1 saturated carbocycles. The zero-order valence-corrected chi connectivity index (χ0v) is 17.3. The summed E-state index contributed by atoms with van der Waals surface area (Å²) < 4.78 is 5.59. The molecule has 1 fully saturated rings. The lowest BCUT2D eigenvalue weighted by Gasteiger charge is -2.35. The number of carbonyl (C=O) groups excluding carboxylic acids is 2. The van der Waals surface area contributed by atoms with Crippen molar-refractivity contribution in [1.82, 2.24) is 0 Å². The first-order valence-electron chi connectivity index (χ1n) is 10.6. The molecule has 4 heteroatoms. The maximum absolute atomic E-state index is 13.0. The monoisotopic (exact) mass is 381 g/mol. The number of allylic oxidation sites excluding steroid dienone is 1. The lowest BCUT2D eigenvalue weighted by atomic mass is 9.69. The molecule has 0 N–H and O–H groups in total. The molecular weight excluding hydrogens is 350 g/mol. The van der Waals surface area contributed by atoms with Crippen molar-refractivity contribution < 1.29 is 14.3 Å². The molecule has 1 aliphatic heterocycles. The summed E-state index contributed by atoms with van der Waals surface area (Å²) in [5, 5.41) is 0. The SMILES string of the molecule is CCCCCOC(=O)C1=C(C)N=C2CCCC(=O)C2C1c1ccc(CC)cc1. The Morgan fingerprint density at radius 2 is 1.86 bits per heavy atom. The van der Waals surface area contributed by atoms with Crippen molar-refractivity contribution in [2.75, 3.05) is 6.61 Å². The van der Waals surface area contributed by atoms with Gasteiger partial charge >= 0.3 is 5.97 Å². The molecule has 0 bridgehead atoms. The summed E-state index contributed by atoms with van der Waals surface area (Å²) in [6, 6.07) is 8.30.